The van der Waals surface area contributed by atoms with Gasteiger partial charge >= 0.3 is 12.1 Å². The highest BCUT2D eigenvalue weighted by atomic mass is 19.4. The Morgan fingerprint density at radius 1 is 0.905 bits per heavy atom. The number of carbonyl (C=O) groups is 2. The molecule has 1 heterocycles. The molecule has 0 spiro atoms. The van der Waals surface area contributed by atoms with Crippen LogP contribution in [0.3, 0.4) is 0 Å². The van der Waals surface area contributed by atoms with E-state index in [1.807, 2.05) is 32.0 Å². The van der Waals surface area contributed by atoms with E-state index in [2.05, 4.69) is 29.3 Å². The fourth-order valence-electron chi connectivity index (χ4n) is 5.54. The number of benzene rings is 3. The summed E-state index contributed by atoms with van der Waals surface area (Å²) in [7, 11) is 0. The van der Waals surface area contributed by atoms with Crippen LogP contribution >= 0.6 is 0 Å². The second kappa shape index (κ2) is 13.6. The third kappa shape index (κ3) is 8.22. The molecule has 0 aromatic heterocycles. The predicted octanol–water partition coefficient (Wildman–Crippen LogP) is 7.26. The van der Waals surface area contributed by atoms with E-state index in [0.717, 1.165) is 56.6 Å². The first-order valence-electron chi connectivity index (χ1n) is 14.5. The van der Waals surface area contributed by atoms with Gasteiger partial charge in [-0.3, -0.25) is 9.59 Å². The van der Waals surface area contributed by atoms with E-state index in [0.29, 0.717) is 23.1 Å². The van der Waals surface area contributed by atoms with Gasteiger partial charge in [0.2, 0.25) is 0 Å². The van der Waals surface area contributed by atoms with Crippen molar-refractivity contribution >= 4 is 11.9 Å². The van der Waals surface area contributed by atoms with Crippen LogP contribution in [-0.4, -0.2) is 48.6 Å². The van der Waals surface area contributed by atoms with Crippen LogP contribution in [0.1, 0.15) is 67.9 Å². The fourth-order valence-corrected chi connectivity index (χ4v) is 5.54. The van der Waals surface area contributed by atoms with Crippen molar-refractivity contribution in [1.29, 1.82) is 0 Å². The number of carbonyl (C=O) groups excluding carboxylic acids is 2. The quantitative estimate of drug-likeness (QED) is 0.257. The van der Waals surface area contributed by atoms with E-state index in [9.17, 15) is 22.8 Å². The van der Waals surface area contributed by atoms with Gasteiger partial charge in [-0.1, -0.05) is 67.6 Å². The van der Waals surface area contributed by atoms with Crippen LogP contribution in [0.15, 0.2) is 78.9 Å². The highest BCUT2D eigenvalue weighted by Crippen LogP contribution is 2.34. The molecule has 1 aliphatic rings. The SMILES string of the molecule is CC(C)OC(=O)CC(C)(CCN1CCC(NC(=O)c2ccccc2-c2ccc(C(F)(F)F)cc2)CC1)c1ccccc1. The van der Waals surface area contributed by atoms with Gasteiger partial charge in [0.1, 0.15) is 0 Å². The Labute approximate surface area is 246 Å². The van der Waals surface area contributed by atoms with E-state index in [4.69, 9.17) is 4.74 Å². The molecule has 1 atom stereocenters. The number of alkyl halides is 3. The van der Waals surface area contributed by atoms with Crippen molar-refractivity contribution in [2.45, 2.75) is 70.2 Å². The van der Waals surface area contributed by atoms with Gasteiger partial charge < -0.3 is 15.0 Å². The molecule has 0 radical (unpaired) electrons. The first kappa shape index (κ1) is 31.3. The number of likely N-dealkylation sites (tertiary alicyclic amines) is 1. The molecular formula is C34H39F3N2O3. The molecule has 5 nitrogen and oxygen atoms in total. The molecule has 1 fully saturated rings. The second-order valence-corrected chi connectivity index (χ2v) is 11.6. The Balaban J connectivity index is 1.34. The number of rotatable bonds is 10. The smallest absolute Gasteiger partial charge is 0.416 e. The standard InChI is InChI=1S/C34H39F3N2O3/c1-24(2)42-31(40)23-33(3,26-9-5-4-6-10-26)19-22-39-20-17-28(18-21-39)38-32(41)30-12-8-7-11-29(30)25-13-15-27(16-14-25)34(35,36)37/h4-16,24,28H,17-23H2,1-3H3,(H,38,41). The Morgan fingerprint density at radius 2 is 1.52 bits per heavy atom. The van der Waals surface area contributed by atoms with Crippen molar-refractivity contribution in [2.24, 2.45) is 0 Å². The maximum absolute atomic E-state index is 13.3. The topological polar surface area (TPSA) is 58.6 Å². The molecule has 42 heavy (non-hydrogen) atoms. The third-order valence-corrected chi connectivity index (χ3v) is 7.97. The first-order chi connectivity index (χ1) is 19.9. The van der Waals surface area contributed by atoms with Gasteiger partial charge in [0.25, 0.3) is 5.91 Å². The van der Waals surface area contributed by atoms with Crippen LogP contribution in [0.25, 0.3) is 11.1 Å². The first-order valence-corrected chi connectivity index (χ1v) is 14.5. The highest BCUT2D eigenvalue weighted by molar-refractivity contribution is 6.01. The molecule has 8 heteroatoms. The Bertz CT molecular complexity index is 1330. The van der Waals surface area contributed by atoms with Crippen molar-refractivity contribution in [3.8, 4) is 11.1 Å². The number of hydrogen-bond acceptors (Lipinski definition) is 4. The van der Waals surface area contributed by atoms with Crippen molar-refractivity contribution in [3.05, 3.63) is 95.6 Å². The molecule has 1 N–H and O–H groups in total. The summed E-state index contributed by atoms with van der Waals surface area (Å²) in [4.78, 5) is 28.2. The Morgan fingerprint density at radius 3 is 2.14 bits per heavy atom. The van der Waals surface area contributed by atoms with Crippen molar-refractivity contribution in [2.75, 3.05) is 19.6 Å². The monoisotopic (exact) mass is 580 g/mol. The van der Waals surface area contributed by atoms with Gasteiger partial charge in [-0.15, -0.1) is 0 Å². The minimum atomic E-state index is -4.41. The summed E-state index contributed by atoms with van der Waals surface area (Å²) < 4.78 is 44.5. The molecule has 3 aromatic carbocycles. The number of piperidine rings is 1. The molecule has 1 saturated heterocycles. The normalized spacial score (nSPS) is 16.2. The summed E-state index contributed by atoms with van der Waals surface area (Å²) in [6.07, 6.45) is -1.91. The number of hydrogen-bond donors (Lipinski definition) is 1. The van der Waals surface area contributed by atoms with Crippen molar-refractivity contribution in [3.63, 3.8) is 0 Å². The molecule has 1 unspecified atom stereocenters. The number of amides is 1. The minimum Gasteiger partial charge on any atom is -0.463 e. The molecule has 4 rings (SSSR count). The van der Waals surface area contributed by atoms with Gasteiger partial charge in [-0.2, -0.15) is 13.2 Å². The van der Waals surface area contributed by atoms with Gasteiger partial charge in [-0.05, 0) is 74.5 Å². The van der Waals surface area contributed by atoms with Gasteiger partial charge in [0.15, 0.2) is 0 Å². The highest BCUT2D eigenvalue weighted by Gasteiger charge is 2.32. The lowest BCUT2D eigenvalue weighted by atomic mass is 9.76. The van der Waals surface area contributed by atoms with Crippen LogP contribution in [0.4, 0.5) is 13.2 Å². The summed E-state index contributed by atoms with van der Waals surface area (Å²) >= 11 is 0. The lowest BCUT2D eigenvalue weighted by Gasteiger charge is -2.36. The maximum Gasteiger partial charge on any atom is 0.416 e. The number of nitrogens with one attached hydrogen (secondary N) is 1. The van der Waals surface area contributed by atoms with Crippen LogP contribution in [0.2, 0.25) is 0 Å². The van der Waals surface area contributed by atoms with Gasteiger partial charge in [0.05, 0.1) is 18.1 Å². The summed E-state index contributed by atoms with van der Waals surface area (Å²) in [5.74, 6) is -0.432. The van der Waals surface area contributed by atoms with E-state index >= 15 is 0 Å². The average molecular weight is 581 g/mol. The summed E-state index contributed by atoms with van der Waals surface area (Å²) in [5, 5.41) is 3.14. The zero-order chi connectivity index (χ0) is 30.3. The average Bonchev–Trinajstić information content (AvgIpc) is 2.96. The molecule has 3 aromatic rings. The van der Waals surface area contributed by atoms with Crippen LogP contribution in [0, 0.1) is 0 Å². The summed E-state index contributed by atoms with van der Waals surface area (Å²) in [6.45, 7) is 8.27. The zero-order valence-corrected chi connectivity index (χ0v) is 24.4. The van der Waals surface area contributed by atoms with Crippen molar-refractivity contribution < 1.29 is 27.5 Å². The summed E-state index contributed by atoms with van der Waals surface area (Å²) in [5.41, 5.74) is 1.62. The number of halogens is 3. The lowest BCUT2D eigenvalue weighted by Crippen LogP contribution is -2.45. The Hall–Kier alpha value is -3.65. The number of ether oxygens (including phenoxy) is 1. The van der Waals surface area contributed by atoms with E-state index in [1.54, 1.807) is 24.3 Å². The van der Waals surface area contributed by atoms with Gasteiger partial charge in [-0.25, -0.2) is 0 Å². The van der Waals surface area contributed by atoms with Crippen LogP contribution in [0.5, 0.6) is 0 Å². The van der Waals surface area contributed by atoms with Crippen LogP contribution < -0.4 is 5.32 Å². The fraction of sp³-hybridized carbons (Fsp3) is 0.412. The molecule has 0 aliphatic carbocycles. The Kier molecular flexibility index (Phi) is 10.1. The molecular weight excluding hydrogens is 541 g/mol. The summed E-state index contributed by atoms with van der Waals surface area (Å²) in [6, 6.07) is 21.9. The minimum absolute atomic E-state index is 0.00376. The second-order valence-electron chi connectivity index (χ2n) is 11.6. The number of esters is 1. The maximum atomic E-state index is 13.3. The zero-order valence-electron chi connectivity index (χ0n) is 24.4. The molecule has 224 valence electrons. The lowest BCUT2D eigenvalue weighted by molar-refractivity contribution is -0.149. The number of nitrogens with zero attached hydrogens (tertiary/aromatic N) is 1. The molecule has 1 amide bonds. The molecule has 1 aliphatic heterocycles. The van der Waals surface area contributed by atoms with Crippen molar-refractivity contribution in [1.82, 2.24) is 10.2 Å². The largest absolute Gasteiger partial charge is 0.463 e. The van der Waals surface area contributed by atoms with Gasteiger partial charge in [0, 0.05) is 30.1 Å². The molecule has 0 saturated carbocycles. The van der Waals surface area contributed by atoms with E-state index in [-0.39, 0.29) is 29.4 Å². The predicted molar refractivity (Wildman–Crippen MR) is 158 cm³/mol. The molecule has 0 bridgehead atoms. The van der Waals surface area contributed by atoms with E-state index < -0.39 is 11.7 Å². The van der Waals surface area contributed by atoms with E-state index in [1.165, 1.54) is 12.1 Å². The van der Waals surface area contributed by atoms with Crippen LogP contribution in [-0.2, 0) is 21.1 Å². The third-order valence-electron chi connectivity index (χ3n) is 7.97.